The molecule has 0 aliphatic heterocycles. The molecule has 0 unspecified atom stereocenters. The van der Waals surface area contributed by atoms with E-state index in [1.165, 1.54) is 18.4 Å². The van der Waals surface area contributed by atoms with Crippen LogP contribution in [0.5, 0.6) is 0 Å². The van der Waals surface area contributed by atoms with Crippen LogP contribution >= 0.6 is 0 Å². The molecule has 0 aromatic carbocycles. The molecule has 0 heterocycles. The smallest absolute Gasteiger partial charge is 0.000973 e. The van der Waals surface area contributed by atoms with Gasteiger partial charge in [0.15, 0.2) is 0 Å². The van der Waals surface area contributed by atoms with Gasteiger partial charge in [-0.25, -0.2) is 0 Å². The average Bonchev–Trinajstić information content (AvgIpc) is 2.67. The molecule has 0 amide bonds. The number of hydrogen-bond acceptors (Lipinski definition) is 0. The summed E-state index contributed by atoms with van der Waals surface area (Å²) in [5.74, 6) is 3.22. The third-order valence-corrected chi connectivity index (χ3v) is 2.46. The summed E-state index contributed by atoms with van der Waals surface area (Å²) in [6.07, 6.45) is 20.7. The van der Waals surface area contributed by atoms with Crippen LogP contribution in [0, 0.1) is 18.3 Å². The Bertz CT molecular complexity index is 272. The van der Waals surface area contributed by atoms with Crippen molar-refractivity contribution in [2.24, 2.45) is 5.92 Å². The summed E-state index contributed by atoms with van der Waals surface area (Å²) in [5.41, 5.74) is 1.41. The maximum atomic E-state index is 5.31. The second-order valence-electron chi connectivity index (χ2n) is 3.71. The molecule has 1 rings (SSSR count). The standard InChI is InChI=1S/C14H18/c1-3-5-9-13(8-4-2)12-14-10-6-7-11-14/h2,6-8,10-11,14H,3,5,9,12H2,1H3/b13-8+. The van der Waals surface area contributed by atoms with Crippen molar-refractivity contribution >= 4 is 0 Å². The Morgan fingerprint density at radius 2 is 2.14 bits per heavy atom. The molecule has 0 radical (unpaired) electrons. The van der Waals surface area contributed by atoms with E-state index in [0.717, 1.165) is 12.8 Å². The fraction of sp³-hybridized carbons (Fsp3) is 0.429. The third-order valence-electron chi connectivity index (χ3n) is 2.46. The Kier molecular flexibility index (Phi) is 4.86. The van der Waals surface area contributed by atoms with Crippen molar-refractivity contribution in [1.82, 2.24) is 0 Å². The van der Waals surface area contributed by atoms with E-state index in [9.17, 15) is 0 Å². The molecule has 0 atom stereocenters. The first-order valence-corrected chi connectivity index (χ1v) is 5.36. The van der Waals surface area contributed by atoms with Crippen LogP contribution in [0.3, 0.4) is 0 Å². The van der Waals surface area contributed by atoms with Gasteiger partial charge < -0.3 is 0 Å². The zero-order valence-corrected chi connectivity index (χ0v) is 8.87. The number of terminal acetylenes is 1. The fourth-order valence-electron chi connectivity index (χ4n) is 1.67. The molecule has 0 heteroatoms. The molecule has 74 valence electrons. The summed E-state index contributed by atoms with van der Waals surface area (Å²) < 4.78 is 0. The summed E-state index contributed by atoms with van der Waals surface area (Å²) in [7, 11) is 0. The highest BCUT2D eigenvalue weighted by Gasteiger charge is 2.06. The Morgan fingerprint density at radius 1 is 1.43 bits per heavy atom. The Labute approximate surface area is 87.4 Å². The molecule has 0 spiro atoms. The molecule has 0 bridgehead atoms. The molecule has 0 N–H and O–H groups in total. The summed E-state index contributed by atoms with van der Waals surface area (Å²) >= 11 is 0. The van der Waals surface area contributed by atoms with Crippen LogP contribution in [0.15, 0.2) is 36.0 Å². The van der Waals surface area contributed by atoms with Crippen LogP contribution in [0.1, 0.15) is 32.6 Å². The van der Waals surface area contributed by atoms with E-state index in [1.807, 2.05) is 6.08 Å². The van der Waals surface area contributed by atoms with Crippen molar-refractivity contribution < 1.29 is 0 Å². The van der Waals surface area contributed by atoms with Gasteiger partial charge >= 0.3 is 0 Å². The van der Waals surface area contributed by atoms with Gasteiger partial charge in [-0.05, 0) is 31.3 Å². The van der Waals surface area contributed by atoms with Crippen molar-refractivity contribution in [3.05, 3.63) is 36.0 Å². The van der Waals surface area contributed by atoms with Gasteiger partial charge in [-0.2, -0.15) is 0 Å². The van der Waals surface area contributed by atoms with Gasteiger partial charge in [0.05, 0.1) is 0 Å². The predicted molar refractivity (Wildman–Crippen MR) is 62.8 cm³/mol. The highest BCUT2D eigenvalue weighted by molar-refractivity contribution is 5.24. The van der Waals surface area contributed by atoms with Crippen molar-refractivity contribution in [3.63, 3.8) is 0 Å². The number of allylic oxidation sites excluding steroid dienone is 6. The molecule has 14 heavy (non-hydrogen) atoms. The van der Waals surface area contributed by atoms with Crippen LogP contribution < -0.4 is 0 Å². The summed E-state index contributed by atoms with van der Waals surface area (Å²) in [4.78, 5) is 0. The zero-order chi connectivity index (χ0) is 10.2. The lowest BCUT2D eigenvalue weighted by molar-refractivity contribution is 0.712. The number of unbranched alkanes of at least 4 members (excludes halogenated alkanes) is 1. The molecule has 0 aromatic rings. The van der Waals surface area contributed by atoms with Crippen LogP contribution in [0.2, 0.25) is 0 Å². The molecular weight excluding hydrogens is 168 g/mol. The highest BCUT2D eigenvalue weighted by atomic mass is 14.1. The van der Waals surface area contributed by atoms with Crippen molar-refractivity contribution in [3.8, 4) is 12.3 Å². The summed E-state index contributed by atoms with van der Waals surface area (Å²) in [5, 5.41) is 0. The average molecular weight is 186 g/mol. The number of hydrogen-bond donors (Lipinski definition) is 0. The minimum absolute atomic E-state index is 0.575. The fourth-order valence-corrected chi connectivity index (χ4v) is 1.67. The number of rotatable bonds is 5. The first-order chi connectivity index (χ1) is 6.86. The SMILES string of the molecule is C#C/C=C(\CCCC)CC1C=CC=C1. The lowest BCUT2D eigenvalue weighted by Gasteiger charge is -2.08. The van der Waals surface area contributed by atoms with Crippen LogP contribution in [-0.2, 0) is 0 Å². The molecule has 0 saturated carbocycles. The van der Waals surface area contributed by atoms with Crippen molar-refractivity contribution in [2.45, 2.75) is 32.6 Å². The lowest BCUT2D eigenvalue weighted by Crippen LogP contribution is -1.93. The Morgan fingerprint density at radius 3 is 2.71 bits per heavy atom. The maximum Gasteiger partial charge on any atom is -0.000973 e. The zero-order valence-electron chi connectivity index (χ0n) is 8.87. The molecule has 0 nitrogen and oxygen atoms in total. The monoisotopic (exact) mass is 186 g/mol. The Hall–Kier alpha value is -1.22. The van der Waals surface area contributed by atoms with Crippen molar-refractivity contribution in [1.29, 1.82) is 0 Å². The van der Waals surface area contributed by atoms with Crippen LogP contribution in [-0.4, -0.2) is 0 Å². The van der Waals surface area contributed by atoms with E-state index < -0.39 is 0 Å². The molecule has 0 aromatic heterocycles. The summed E-state index contributed by atoms with van der Waals surface area (Å²) in [6.45, 7) is 2.21. The van der Waals surface area contributed by atoms with Gasteiger partial charge in [0.1, 0.15) is 0 Å². The van der Waals surface area contributed by atoms with Crippen molar-refractivity contribution in [2.75, 3.05) is 0 Å². The van der Waals surface area contributed by atoms with E-state index in [1.54, 1.807) is 0 Å². The van der Waals surface area contributed by atoms with Gasteiger partial charge in [-0.1, -0.05) is 49.1 Å². The van der Waals surface area contributed by atoms with Crippen LogP contribution in [0.4, 0.5) is 0 Å². The molecular formula is C14H18. The normalized spacial score (nSPS) is 16.1. The highest BCUT2D eigenvalue weighted by Crippen LogP contribution is 2.22. The van der Waals surface area contributed by atoms with Gasteiger partial charge in [0.25, 0.3) is 0 Å². The minimum Gasteiger partial charge on any atom is -0.115 e. The molecule has 1 aliphatic carbocycles. The predicted octanol–water partition coefficient (Wildman–Crippen LogP) is 3.87. The van der Waals surface area contributed by atoms with E-state index in [0.29, 0.717) is 5.92 Å². The quantitative estimate of drug-likeness (QED) is 0.572. The van der Waals surface area contributed by atoms with Gasteiger partial charge in [0.2, 0.25) is 0 Å². The van der Waals surface area contributed by atoms with Gasteiger partial charge in [-0.3, -0.25) is 0 Å². The van der Waals surface area contributed by atoms with Crippen LogP contribution in [0.25, 0.3) is 0 Å². The van der Waals surface area contributed by atoms with E-state index in [-0.39, 0.29) is 0 Å². The van der Waals surface area contributed by atoms with E-state index in [4.69, 9.17) is 6.42 Å². The van der Waals surface area contributed by atoms with E-state index in [2.05, 4.69) is 37.1 Å². The first-order valence-electron chi connectivity index (χ1n) is 5.36. The largest absolute Gasteiger partial charge is 0.115 e. The van der Waals surface area contributed by atoms with Gasteiger partial charge in [0, 0.05) is 0 Å². The molecule has 0 saturated heterocycles. The second-order valence-corrected chi connectivity index (χ2v) is 3.71. The Balaban J connectivity index is 2.43. The molecule has 0 fully saturated rings. The second kappa shape index (κ2) is 6.27. The van der Waals surface area contributed by atoms with E-state index >= 15 is 0 Å². The lowest BCUT2D eigenvalue weighted by atomic mass is 9.96. The molecule has 1 aliphatic rings. The third kappa shape index (κ3) is 3.66. The van der Waals surface area contributed by atoms with Gasteiger partial charge in [-0.15, -0.1) is 6.42 Å². The topological polar surface area (TPSA) is 0 Å². The first kappa shape index (κ1) is 10.9. The minimum atomic E-state index is 0.575. The summed E-state index contributed by atoms with van der Waals surface area (Å²) in [6, 6.07) is 0. The maximum absolute atomic E-state index is 5.31.